The third-order valence-corrected chi connectivity index (χ3v) is 1.93. The summed E-state index contributed by atoms with van der Waals surface area (Å²) in [5.74, 6) is 2.82. The van der Waals surface area contributed by atoms with Gasteiger partial charge in [-0.1, -0.05) is 6.92 Å². The van der Waals surface area contributed by atoms with Gasteiger partial charge in [0.2, 0.25) is 0 Å². The van der Waals surface area contributed by atoms with Crippen molar-refractivity contribution in [3.8, 4) is 12.3 Å². The van der Waals surface area contributed by atoms with E-state index in [0.29, 0.717) is 0 Å². The van der Waals surface area contributed by atoms with Crippen molar-refractivity contribution in [1.29, 1.82) is 0 Å². The molecule has 0 atom stereocenters. The fourth-order valence-electron chi connectivity index (χ4n) is 1.70. The monoisotopic (exact) mass is 167 g/mol. The van der Waals surface area contributed by atoms with Crippen LogP contribution in [0.15, 0.2) is 0 Å². The zero-order valence-electron chi connectivity index (χ0n) is 8.99. The van der Waals surface area contributed by atoms with Crippen LogP contribution < -0.4 is 5.32 Å². The van der Waals surface area contributed by atoms with Gasteiger partial charge < -0.3 is 5.32 Å². The fourth-order valence-corrected chi connectivity index (χ4v) is 1.70. The standard InChI is InChI=1S/C11H21N/c1-7-10(3,4)9-11(5,6)12-8-2/h1,12H,8-9H2,2-6H3. The molecule has 0 fully saturated rings. The number of nitrogens with one attached hydrogen (secondary N) is 1. The lowest BCUT2D eigenvalue weighted by molar-refractivity contribution is 0.281. The second-order valence-electron chi connectivity index (χ2n) is 4.62. The van der Waals surface area contributed by atoms with E-state index >= 15 is 0 Å². The summed E-state index contributed by atoms with van der Waals surface area (Å²) in [5, 5.41) is 3.42. The lowest BCUT2D eigenvalue weighted by Crippen LogP contribution is -2.42. The van der Waals surface area contributed by atoms with Crippen LogP contribution in [-0.4, -0.2) is 12.1 Å². The minimum absolute atomic E-state index is 0.00826. The largest absolute Gasteiger partial charge is 0.312 e. The number of terminal acetylenes is 1. The number of hydrogen-bond acceptors (Lipinski definition) is 1. The quantitative estimate of drug-likeness (QED) is 0.634. The molecule has 12 heavy (non-hydrogen) atoms. The Morgan fingerprint density at radius 1 is 1.25 bits per heavy atom. The molecule has 0 radical (unpaired) electrons. The van der Waals surface area contributed by atoms with Crippen LogP contribution in [0.3, 0.4) is 0 Å². The zero-order chi connectivity index (χ0) is 9.83. The molecule has 1 nitrogen and oxygen atoms in total. The lowest BCUT2D eigenvalue weighted by Gasteiger charge is -2.32. The van der Waals surface area contributed by atoms with Gasteiger partial charge in [0.15, 0.2) is 0 Å². The Morgan fingerprint density at radius 3 is 2.08 bits per heavy atom. The van der Waals surface area contributed by atoms with Crippen molar-refractivity contribution in [2.75, 3.05) is 6.54 Å². The first kappa shape index (κ1) is 11.5. The Kier molecular flexibility index (Phi) is 3.80. The molecule has 0 amide bonds. The first-order valence-corrected chi connectivity index (χ1v) is 4.56. The van der Waals surface area contributed by atoms with Gasteiger partial charge in [0.05, 0.1) is 0 Å². The fraction of sp³-hybridized carbons (Fsp3) is 0.818. The minimum atomic E-state index is -0.00826. The summed E-state index contributed by atoms with van der Waals surface area (Å²) < 4.78 is 0. The molecule has 0 aromatic heterocycles. The van der Waals surface area contributed by atoms with E-state index < -0.39 is 0 Å². The van der Waals surface area contributed by atoms with Crippen LogP contribution in [0.2, 0.25) is 0 Å². The van der Waals surface area contributed by atoms with Crippen molar-refractivity contribution < 1.29 is 0 Å². The van der Waals surface area contributed by atoms with Crippen LogP contribution in [0.5, 0.6) is 0 Å². The minimum Gasteiger partial charge on any atom is -0.312 e. The van der Waals surface area contributed by atoms with Crippen LogP contribution >= 0.6 is 0 Å². The van der Waals surface area contributed by atoms with Gasteiger partial charge in [-0.3, -0.25) is 0 Å². The highest BCUT2D eigenvalue weighted by Crippen LogP contribution is 2.26. The van der Waals surface area contributed by atoms with E-state index in [4.69, 9.17) is 6.42 Å². The van der Waals surface area contributed by atoms with E-state index in [2.05, 4.69) is 45.9 Å². The molecule has 1 heteroatoms. The lowest BCUT2D eigenvalue weighted by atomic mass is 9.81. The van der Waals surface area contributed by atoms with E-state index in [1.165, 1.54) is 0 Å². The first-order chi connectivity index (χ1) is 5.33. The summed E-state index contributed by atoms with van der Waals surface area (Å²) in [7, 11) is 0. The van der Waals surface area contributed by atoms with Gasteiger partial charge in [0, 0.05) is 11.0 Å². The van der Waals surface area contributed by atoms with E-state index in [-0.39, 0.29) is 11.0 Å². The summed E-state index contributed by atoms with van der Waals surface area (Å²) in [5.41, 5.74) is 0.135. The Bertz CT molecular complexity index is 172. The summed E-state index contributed by atoms with van der Waals surface area (Å²) in [6.45, 7) is 11.7. The Morgan fingerprint density at radius 2 is 1.75 bits per heavy atom. The third kappa shape index (κ3) is 4.41. The van der Waals surface area contributed by atoms with E-state index in [9.17, 15) is 0 Å². The Hall–Kier alpha value is -0.480. The highest BCUT2D eigenvalue weighted by molar-refractivity contribution is 5.03. The molecule has 0 aliphatic rings. The second kappa shape index (κ2) is 3.96. The van der Waals surface area contributed by atoms with Gasteiger partial charge in [-0.25, -0.2) is 0 Å². The van der Waals surface area contributed by atoms with Crippen molar-refractivity contribution >= 4 is 0 Å². The van der Waals surface area contributed by atoms with E-state index in [0.717, 1.165) is 13.0 Å². The van der Waals surface area contributed by atoms with Crippen LogP contribution in [0, 0.1) is 17.8 Å². The van der Waals surface area contributed by atoms with Crippen molar-refractivity contribution in [2.24, 2.45) is 5.41 Å². The van der Waals surface area contributed by atoms with Crippen LogP contribution in [0.4, 0.5) is 0 Å². The molecule has 0 saturated carbocycles. The summed E-state index contributed by atoms with van der Waals surface area (Å²) >= 11 is 0. The van der Waals surface area contributed by atoms with Gasteiger partial charge in [0.25, 0.3) is 0 Å². The topological polar surface area (TPSA) is 12.0 Å². The molecule has 0 heterocycles. The van der Waals surface area contributed by atoms with Gasteiger partial charge in [-0.2, -0.15) is 0 Å². The molecule has 70 valence electrons. The van der Waals surface area contributed by atoms with Gasteiger partial charge >= 0.3 is 0 Å². The Labute approximate surface area is 76.9 Å². The van der Waals surface area contributed by atoms with Crippen molar-refractivity contribution in [3.05, 3.63) is 0 Å². The van der Waals surface area contributed by atoms with Crippen molar-refractivity contribution in [3.63, 3.8) is 0 Å². The highest BCUT2D eigenvalue weighted by atomic mass is 14.9. The molecule has 0 aliphatic carbocycles. The normalized spacial score (nSPS) is 12.7. The number of hydrogen-bond donors (Lipinski definition) is 1. The number of rotatable bonds is 4. The molecule has 1 N–H and O–H groups in total. The maximum Gasteiger partial charge on any atom is 0.0273 e. The maximum absolute atomic E-state index is 5.43. The summed E-state index contributed by atoms with van der Waals surface area (Å²) in [6, 6.07) is 0. The van der Waals surface area contributed by atoms with Crippen LogP contribution in [-0.2, 0) is 0 Å². The van der Waals surface area contributed by atoms with Gasteiger partial charge in [-0.05, 0) is 40.7 Å². The maximum atomic E-state index is 5.43. The predicted octanol–water partition coefficient (Wildman–Crippen LogP) is 2.42. The van der Waals surface area contributed by atoms with Crippen LogP contribution in [0.25, 0.3) is 0 Å². The highest BCUT2D eigenvalue weighted by Gasteiger charge is 2.25. The molecule has 0 spiro atoms. The van der Waals surface area contributed by atoms with Crippen LogP contribution in [0.1, 0.15) is 41.0 Å². The predicted molar refractivity (Wildman–Crippen MR) is 55.0 cm³/mol. The molecular formula is C11H21N. The average Bonchev–Trinajstić information content (AvgIpc) is 1.85. The molecule has 0 unspecified atom stereocenters. The first-order valence-electron chi connectivity index (χ1n) is 4.56. The summed E-state index contributed by atoms with van der Waals surface area (Å²) in [4.78, 5) is 0. The smallest absolute Gasteiger partial charge is 0.0273 e. The molecule has 0 aliphatic heterocycles. The molecule has 0 rings (SSSR count). The SMILES string of the molecule is C#CC(C)(C)CC(C)(C)NCC. The van der Waals surface area contributed by atoms with Crippen molar-refractivity contribution in [1.82, 2.24) is 5.32 Å². The molecular weight excluding hydrogens is 146 g/mol. The average molecular weight is 167 g/mol. The summed E-state index contributed by atoms with van der Waals surface area (Å²) in [6.07, 6.45) is 6.44. The van der Waals surface area contributed by atoms with Gasteiger partial charge in [-0.15, -0.1) is 12.3 Å². The Balaban J connectivity index is 4.16. The van der Waals surface area contributed by atoms with E-state index in [1.807, 2.05) is 0 Å². The van der Waals surface area contributed by atoms with Crippen molar-refractivity contribution in [2.45, 2.75) is 46.6 Å². The van der Waals surface area contributed by atoms with Gasteiger partial charge in [0.1, 0.15) is 0 Å². The molecule has 0 saturated heterocycles. The molecule has 0 bridgehead atoms. The second-order valence-corrected chi connectivity index (χ2v) is 4.62. The third-order valence-electron chi connectivity index (χ3n) is 1.93. The van der Waals surface area contributed by atoms with E-state index in [1.54, 1.807) is 0 Å². The zero-order valence-corrected chi connectivity index (χ0v) is 8.99. The molecule has 0 aromatic rings. The molecule has 0 aromatic carbocycles.